The minimum Gasteiger partial charge on any atom is -0.494 e. The SMILES string of the molecule is CCOc1ccc(N(C)S(=O)(=O)c2ccc(C)c(-c3nc4ccccc4s3)c2)cc1. The van der Waals surface area contributed by atoms with Crippen LogP contribution >= 0.6 is 11.3 Å². The molecule has 154 valence electrons. The van der Waals surface area contributed by atoms with Gasteiger partial charge in [0.1, 0.15) is 10.8 Å². The van der Waals surface area contributed by atoms with Crippen molar-refractivity contribution in [3.8, 4) is 16.3 Å². The Labute approximate surface area is 180 Å². The molecule has 0 saturated carbocycles. The highest BCUT2D eigenvalue weighted by Crippen LogP contribution is 2.34. The highest BCUT2D eigenvalue weighted by molar-refractivity contribution is 7.92. The van der Waals surface area contributed by atoms with Crippen LogP contribution in [0.3, 0.4) is 0 Å². The van der Waals surface area contributed by atoms with Crippen LogP contribution in [0.1, 0.15) is 12.5 Å². The normalized spacial score (nSPS) is 11.6. The summed E-state index contributed by atoms with van der Waals surface area (Å²) in [5, 5.41) is 0.814. The van der Waals surface area contributed by atoms with E-state index in [2.05, 4.69) is 0 Å². The molecular weight excluding hydrogens is 416 g/mol. The van der Waals surface area contributed by atoms with Gasteiger partial charge in [-0.2, -0.15) is 0 Å². The number of aryl methyl sites for hydroxylation is 1. The lowest BCUT2D eigenvalue weighted by atomic mass is 10.1. The van der Waals surface area contributed by atoms with Gasteiger partial charge in [-0.05, 0) is 67.9 Å². The van der Waals surface area contributed by atoms with E-state index in [-0.39, 0.29) is 4.90 Å². The summed E-state index contributed by atoms with van der Waals surface area (Å²) in [6, 6.07) is 20.1. The smallest absolute Gasteiger partial charge is 0.264 e. The Hall–Kier alpha value is -2.90. The summed E-state index contributed by atoms with van der Waals surface area (Å²) in [6.45, 7) is 4.43. The quantitative estimate of drug-likeness (QED) is 0.399. The van der Waals surface area contributed by atoms with Crippen LogP contribution in [-0.4, -0.2) is 27.1 Å². The van der Waals surface area contributed by atoms with Crippen LogP contribution in [0.5, 0.6) is 5.75 Å². The van der Waals surface area contributed by atoms with Gasteiger partial charge in [0.15, 0.2) is 0 Å². The third-order valence-corrected chi connectivity index (χ3v) is 7.75. The van der Waals surface area contributed by atoms with Gasteiger partial charge >= 0.3 is 0 Å². The molecule has 1 aromatic heterocycles. The summed E-state index contributed by atoms with van der Waals surface area (Å²) in [4.78, 5) is 4.93. The molecule has 0 aliphatic heterocycles. The summed E-state index contributed by atoms with van der Waals surface area (Å²) in [5.74, 6) is 0.709. The first-order valence-electron chi connectivity index (χ1n) is 9.58. The first kappa shape index (κ1) is 20.4. The van der Waals surface area contributed by atoms with Gasteiger partial charge in [-0.25, -0.2) is 13.4 Å². The lowest BCUT2D eigenvalue weighted by Crippen LogP contribution is -2.26. The van der Waals surface area contributed by atoms with Gasteiger partial charge in [-0.1, -0.05) is 18.2 Å². The molecule has 0 N–H and O–H groups in total. The van der Waals surface area contributed by atoms with Crippen molar-refractivity contribution < 1.29 is 13.2 Å². The van der Waals surface area contributed by atoms with Crippen LogP contribution in [0, 0.1) is 6.92 Å². The van der Waals surface area contributed by atoms with Crippen LogP contribution in [0.4, 0.5) is 5.69 Å². The number of hydrogen-bond donors (Lipinski definition) is 0. The van der Waals surface area contributed by atoms with Crippen molar-refractivity contribution >= 4 is 37.3 Å². The maximum Gasteiger partial charge on any atom is 0.264 e. The van der Waals surface area contributed by atoms with Crippen LogP contribution in [-0.2, 0) is 10.0 Å². The number of hydrogen-bond acceptors (Lipinski definition) is 5. The van der Waals surface area contributed by atoms with E-state index in [1.165, 1.54) is 4.31 Å². The summed E-state index contributed by atoms with van der Waals surface area (Å²) in [5.41, 5.74) is 3.30. The fourth-order valence-corrected chi connectivity index (χ4v) is 5.46. The molecule has 0 spiro atoms. The molecule has 0 radical (unpaired) electrons. The van der Waals surface area contributed by atoms with Crippen molar-refractivity contribution in [2.75, 3.05) is 18.0 Å². The van der Waals surface area contributed by atoms with Gasteiger partial charge in [-0.3, -0.25) is 4.31 Å². The number of aromatic nitrogens is 1. The van der Waals surface area contributed by atoms with Gasteiger partial charge in [0.2, 0.25) is 0 Å². The largest absolute Gasteiger partial charge is 0.494 e. The minimum atomic E-state index is -3.73. The summed E-state index contributed by atoms with van der Waals surface area (Å²) >= 11 is 1.56. The first-order chi connectivity index (χ1) is 14.4. The molecule has 0 amide bonds. The molecule has 30 heavy (non-hydrogen) atoms. The highest BCUT2D eigenvalue weighted by atomic mass is 32.2. The Kier molecular flexibility index (Phi) is 5.49. The van der Waals surface area contributed by atoms with E-state index >= 15 is 0 Å². The zero-order valence-corrected chi connectivity index (χ0v) is 18.6. The molecule has 3 aromatic carbocycles. The average Bonchev–Trinajstić information content (AvgIpc) is 3.18. The maximum atomic E-state index is 13.3. The number of thiazole rings is 1. The number of benzene rings is 3. The van der Waals surface area contributed by atoms with E-state index in [4.69, 9.17) is 9.72 Å². The molecular formula is C23H22N2O3S2. The number of fused-ring (bicyclic) bond motifs is 1. The second kappa shape index (κ2) is 8.08. The van der Waals surface area contributed by atoms with E-state index in [1.807, 2.05) is 44.2 Å². The number of nitrogens with zero attached hydrogens (tertiary/aromatic N) is 2. The van der Waals surface area contributed by atoms with E-state index in [0.29, 0.717) is 18.0 Å². The zero-order chi connectivity index (χ0) is 21.3. The van der Waals surface area contributed by atoms with Crippen LogP contribution in [0.2, 0.25) is 0 Å². The molecule has 0 atom stereocenters. The van der Waals surface area contributed by atoms with E-state index in [9.17, 15) is 8.42 Å². The molecule has 5 nitrogen and oxygen atoms in total. The summed E-state index contributed by atoms with van der Waals surface area (Å²) in [7, 11) is -2.17. The van der Waals surface area contributed by atoms with E-state index in [0.717, 1.165) is 26.4 Å². The van der Waals surface area contributed by atoms with Gasteiger partial charge in [0.25, 0.3) is 10.0 Å². The fourth-order valence-electron chi connectivity index (χ4n) is 3.20. The Balaban J connectivity index is 1.71. The number of ether oxygens (including phenoxy) is 1. The van der Waals surface area contributed by atoms with E-state index in [1.54, 1.807) is 54.8 Å². The second-order valence-corrected chi connectivity index (χ2v) is 9.86. The van der Waals surface area contributed by atoms with Gasteiger partial charge in [0.05, 0.1) is 27.4 Å². The van der Waals surface area contributed by atoms with Gasteiger partial charge < -0.3 is 4.74 Å². The van der Waals surface area contributed by atoms with Crippen LogP contribution < -0.4 is 9.04 Å². The summed E-state index contributed by atoms with van der Waals surface area (Å²) < 4.78 is 34.4. The predicted octanol–water partition coefficient (Wildman–Crippen LogP) is 5.50. The van der Waals surface area contributed by atoms with Gasteiger partial charge in [-0.15, -0.1) is 11.3 Å². The Bertz CT molecular complexity index is 1260. The molecule has 7 heteroatoms. The number of anilines is 1. The van der Waals surface area contributed by atoms with Crippen molar-refractivity contribution in [1.29, 1.82) is 0 Å². The molecule has 4 rings (SSSR count). The van der Waals surface area contributed by atoms with Crippen molar-refractivity contribution in [3.05, 3.63) is 72.3 Å². The summed E-state index contributed by atoms with van der Waals surface area (Å²) in [6.07, 6.45) is 0. The average molecular weight is 439 g/mol. The zero-order valence-electron chi connectivity index (χ0n) is 17.0. The van der Waals surface area contributed by atoms with Crippen molar-refractivity contribution in [1.82, 2.24) is 4.98 Å². The fraction of sp³-hybridized carbons (Fsp3) is 0.174. The molecule has 0 aliphatic rings. The number of rotatable bonds is 6. The second-order valence-electron chi connectivity index (χ2n) is 6.86. The van der Waals surface area contributed by atoms with Crippen LogP contribution in [0.15, 0.2) is 71.6 Å². The van der Waals surface area contributed by atoms with Crippen molar-refractivity contribution in [2.45, 2.75) is 18.7 Å². The van der Waals surface area contributed by atoms with E-state index < -0.39 is 10.0 Å². The monoisotopic (exact) mass is 438 g/mol. The van der Waals surface area contributed by atoms with Crippen LogP contribution in [0.25, 0.3) is 20.8 Å². The molecule has 0 aliphatic carbocycles. The molecule has 0 fully saturated rings. The minimum absolute atomic E-state index is 0.235. The van der Waals surface area contributed by atoms with Crippen molar-refractivity contribution in [3.63, 3.8) is 0 Å². The molecule has 0 unspecified atom stereocenters. The third-order valence-electron chi connectivity index (χ3n) is 4.90. The predicted molar refractivity (Wildman–Crippen MR) is 123 cm³/mol. The lowest BCUT2D eigenvalue weighted by Gasteiger charge is -2.20. The first-order valence-corrected chi connectivity index (χ1v) is 11.8. The number of sulfonamides is 1. The Morgan fingerprint density at radius 3 is 2.47 bits per heavy atom. The standard InChI is InChI=1S/C23H22N2O3S2/c1-4-28-18-12-10-17(11-13-18)25(3)30(26,27)19-14-9-16(2)20(15-19)23-24-21-7-5-6-8-22(21)29-23/h5-15H,4H2,1-3H3. The topological polar surface area (TPSA) is 59.5 Å². The van der Waals surface area contributed by atoms with Gasteiger partial charge in [0, 0.05) is 12.6 Å². The maximum absolute atomic E-state index is 13.3. The lowest BCUT2D eigenvalue weighted by molar-refractivity contribution is 0.340. The Morgan fingerprint density at radius 1 is 1.03 bits per heavy atom. The van der Waals surface area contributed by atoms with Crippen molar-refractivity contribution in [2.24, 2.45) is 0 Å². The third kappa shape index (κ3) is 3.78. The Morgan fingerprint density at radius 2 is 1.77 bits per heavy atom. The number of para-hydroxylation sites is 1. The highest BCUT2D eigenvalue weighted by Gasteiger charge is 2.23. The molecule has 4 aromatic rings. The molecule has 0 saturated heterocycles. The molecule has 0 bridgehead atoms. The molecule has 1 heterocycles.